The molecule has 0 aromatic carbocycles. The van der Waals surface area contributed by atoms with Crippen LogP contribution in [-0.4, -0.2) is 0 Å². The van der Waals surface area contributed by atoms with Crippen molar-refractivity contribution in [3.63, 3.8) is 0 Å². The Morgan fingerprint density at radius 1 is 1.12 bits per heavy atom. The van der Waals surface area contributed by atoms with E-state index in [0.717, 1.165) is 12.8 Å². The van der Waals surface area contributed by atoms with Gasteiger partial charge in [-0.15, -0.1) is 0 Å². The summed E-state index contributed by atoms with van der Waals surface area (Å²) in [4.78, 5) is 0. The van der Waals surface area contributed by atoms with Crippen LogP contribution in [0.5, 0.6) is 0 Å². The van der Waals surface area contributed by atoms with E-state index in [1.165, 1.54) is 0 Å². The van der Waals surface area contributed by atoms with Gasteiger partial charge in [0.1, 0.15) is 0 Å². The average Bonchev–Trinajstić information content (AvgIpc) is 1.62. The number of hydrogen-bond donors (Lipinski definition) is 0. The van der Waals surface area contributed by atoms with Crippen LogP contribution in [-0.2, 0) is 0 Å². The normalized spacial score (nSPS) is 20.0. The molecule has 0 fully saturated rings. The molecule has 0 heteroatoms. The van der Waals surface area contributed by atoms with E-state index in [2.05, 4.69) is 17.5 Å². The minimum Gasteiger partial charge on any atom is -0.0836 e. The van der Waals surface area contributed by atoms with Crippen molar-refractivity contribution in [3.8, 4) is 0 Å². The molecule has 1 aliphatic carbocycles. The van der Waals surface area contributed by atoms with E-state index in [4.69, 9.17) is 0 Å². The lowest BCUT2D eigenvalue weighted by atomic mass is 10.2. The Morgan fingerprint density at radius 2 is 2.12 bits per heavy atom. The highest BCUT2D eigenvalue weighted by Crippen LogP contribution is 1.93. The van der Waals surface area contributed by atoms with E-state index < -0.39 is 0 Å². The Labute approximate surface area is 49.5 Å². The van der Waals surface area contributed by atoms with Gasteiger partial charge < -0.3 is 0 Å². The number of allylic oxidation sites excluding steroid dienone is 4. The average molecular weight is 104 g/mol. The van der Waals surface area contributed by atoms with Crippen LogP contribution < -0.4 is 0 Å². The molecule has 0 heterocycles. The summed E-state index contributed by atoms with van der Waals surface area (Å²) in [7, 11) is 0. The highest BCUT2D eigenvalue weighted by Gasteiger charge is 1.73. The first-order valence-electron chi connectivity index (χ1n) is 2.81. The molecule has 0 saturated heterocycles. The molecule has 0 aliphatic heterocycles. The van der Waals surface area contributed by atoms with Crippen molar-refractivity contribution >= 4 is 0 Å². The van der Waals surface area contributed by atoms with Gasteiger partial charge in [-0.1, -0.05) is 23.6 Å². The Hall–Kier alpha value is -0.960. The van der Waals surface area contributed by atoms with E-state index >= 15 is 0 Å². The van der Waals surface area contributed by atoms with Crippen LogP contribution >= 0.6 is 0 Å². The van der Waals surface area contributed by atoms with E-state index in [9.17, 15) is 0 Å². The monoisotopic (exact) mass is 104 g/mol. The zero-order valence-electron chi connectivity index (χ0n) is 4.72. The summed E-state index contributed by atoms with van der Waals surface area (Å²) in [6.07, 6.45) is 10.2. The van der Waals surface area contributed by atoms with Gasteiger partial charge in [-0.05, 0) is 25.0 Å². The third-order valence-electron chi connectivity index (χ3n) is 0.979. The van der Waals surface area contributed by atoms with Crippen molar-refractivity contribution in [2.24, 2.45) is 0 Å². The van der Waals surface area contributed by atoms with E-state index in [0.29, 0.717) is 0 Å². The van der Waals surface area contributed by atoms with E-state index in [1.54, 1.807) is 0 Å². The Kier molecular flexibility index (Phi) is 2.01. The highest BCUT2D eigenvalue weighted by atomic mass is 13.8. The molecular formula is C8H8. The lowest BCUT2D eigenvalue weighted by molar-refractivity contribution is 1.05. The summed E-state index contributed by atoms with van der Waals surface area (Å²) < 4.78 is 0. The molecule has 0 spiro atoms. The van der Waals surface area contributed by atoms with E-state index in [-0.39, 0.29) is 0 Å². The van der Waals surface area contributed by atoms with Gasteiger partial charge in [-0.25, -0.2) is 0 Å². The van der Waals surface area contributed by atoms with Gasteiger partial charge in [-0.2, -0.15) is 0 Å². The first-order valence-corrected chi connectivity index (χ1v) is 2.81. The second kappa shape index (κ2) is 3.10. The Bertz CT molecular complexity index is 172. The molecule has 0 N–H and O–H groups in total. The van der Waals surface area contributed by atoms with Gasteiger partial charge in [0.15, 0.2) is 0 Å². The van der Waals surface area contributed by atoms with Crippen LogP contribution in [0.4, 0.5) is 0 Å². The van der Waals surface area contributed by atoms with Crippen molar-refractivity contribution in [3.05, 3.63) is 35.8 Å². The topological polar surface area (TPSA) is 0 Å². The second-order valence-corrected chi connectivity index (χ2v) is 1.66. The molecule has 0 amide bonds. The van der Waals surface area contributed by atoms with Crippen LogP contribution in [0, 0.1) is 0 Å². The van der Waals surface area contributed by atoms with Crippen LogP contribution in [0.15, 0.2) is 35.8 Å². The van der Waals surface area contributed by atoms with Gasteiger partial charge in [-0.3, -0.25) is 0 Å². The number of rotatable bonds is 0. The molecule has 0 nitrogen and oxygen atoms in total. The summed E-state index contributed by atoms with van der Waals surface area (Å²) in [5.41, 5.74) is 5.78. The molecule has 0 atom stereocenters. The lowest BCUT2D eigenvalue weighted by Gasteiger charge is -1.81. The van der Waals surface area contributed by atoms with Crippen molar-refractivity contribution in [2.75, 3.05) is 0 Å². The molecule has 8 heavy (non-hydrogen) atoms. The van der Waals surface area contributed by atoms with Crippen molar-refractivity contribution < 1.29 is 0 Å². The molecule has 1 aliphatic rings. The van der Waals surface area contributed by atoms with Gasteiger partial charge >= 0.3 is 0 Å². The minimum atomic E-state index is 1.09. The van der Waals surface area contributed by atoms with Crippen molar-refractivity contribution in [2.45, 2.75) is 12.8 Å². The largest absolute Gasteiger partial charge is 0.0836 e. The standard InChI is InChI=1S/C8H8/c1-2-4-6-8-7-5-3-1/h1-3,8H,4,6H2/b2-1-,8-3?. The maximum Gasteiger partial charge on any atom is -0.0119 e. The van der Waals surface area contributed by atoms with Gasteiger partial charge in [0.2, 0.25) is 0 Å². The van der Waals surface area contributed by atoms with Crippen molar-refractivity contribution in [1.29, 1.82) is 0 Å². The van der Waals surface area contributed by atoms with Gasteiger partial charge in [0, 0.05) is 0 Å². The van der Waals surface area contributed by atoms with Gasteiger partial charge in [0.25, 0.3) is 0 Å². The third-order valence-corrected chi connectivity index (χ3v) is 0.979. The molecular weight excluding hydrogens is 96.1 g/mol. The summed E-state index contributed by atoms with van der Waals surface area (Å²) >= 11 is 0. The molecule has 0 unspecified atom stereocenters. The fourth-order valence-corrected chi connectivity index (χ4v) is 0.571. The first kappa shape index (κ1) is 5.18. The fourth-order valence-electron chi connectivity index (χ4n) is 0.571. The van der Waals surface area contributed by atoms with Crippen LogP contribution in [0.3, 0.4) is 0 Å². The molecule has 0 radical (unpaired) electrons. The molecule has 40 valence electrons. The van der Waals surface area contributed by atoms with Gasteiger partial charge in [0.05, 0.1) is 0 Å². The Morgan fingerprint density at radius 3 is 3.12 bits per heavy atom. The molecule has 0 saturated carbocycles. The summed E-state index contributed by atoms with van der Waals surface area (Å²) in [5, 5.41) is 0. The molecule has 1 rings (SSSR count). The van der Waals surface area contributed by atoms with Crippen molar-refractivity contribution in [1.82, 2.24) is 0 Å². The molecule has 0 bridgehead atoms. The fraction of sp³-hybridized carbons (Fsp3) is 0.250. The summed E-state index contributed by atoms with van der Waals surface area (Å²) in [6, 6.07) is 0. The second-order valence-electron chi connectivity index (χ2n) is 1.66. The highest BCUT2D eigenvalue weighted by molar-refractivity contribution is 5.04. The quantitative estimate of drug-likeness (QED) is 0.413. The van der Waals surface area contributed by atoms with Crippen LogP contribution in [0.1, 0.15) is 12.8 Å². The Balaban J connectivity index is 2.77. The van der Waals surface area contributed by atoms with Crippen LogP contribution in [0.2, 0.25) is 0 Å². The maximum atomic E-state index is 2.91. The predicted molar refractivity (Wildman–Crippen MR) is 34.5 cm³/mol. The lowest BCUT2D eigenvalue weighted by Crippen LogP contribution is -1.62. The maximum absolute atomic E-state index is 2.91. The van der Waals surface area contributed by atoms with E-state index in [1.807, 2.05) is 18.2 Å². The third kappa shape index (κ3) is 1.66. The zero-order chi connectivity index (χ0) is 5.66. The molecule has 0 aromatic rings. The zero-order valence-corrected chi connectivity index (χ0v) is 4.72. The number of hydrogen-bond acceptors (Lipinski definition) is 0. The first-order chi connectivity index (χ1) is 4.00. The minimum absolute atomic E-state index is 1.09. The molecule has 0 aromatic heterocycles. The predicted octanol–water partition coefficient (Wildman–Crippen LogP) is 2.20. The smallest absolute Gasteiger partial charge is 0.0119 e. The van der Waals surface area contributed by atoms with Crippen LogP contribution in [0.25, 0.3) is 0 Å². The summed E-state index contributed by atoms with van der Waals surface area (Å²) in [5.74, 6) is 0. The SMILES string of the molecule is C1=C=CCC/C=C\C=1. The summed E-state index contributed by atoms with van der Waals surface area (Å²) in [6.45, 7) is 0.